The predicted molar refractivity (Wildman–Crippen MR) is 67.3 cm³/mol. The fourth-order valence-corrected chi connectivity index (χ4v) is 2.19. The van der Waals surface area contributed by atoms with Gasteiger partial charge in [0.05, 0.1) is 13.2 Å². The molecule has 0 bridgehead atoms. The summed E-state index contributed by atoms with van der Waals surface area (Å²) in [5.74, 6) is 0.172. The number of nitrogens with zero attached hydrogens (tertiary/aromatic N) is 2. The Hall–Kier alpha value is -1.48. The normalized spacial score (nSPS) is 33.4. The quantitative estimate of drug-likeness (QED) is 0.626. The van der Waals surface area contributed by atoms with Crippen LogP contribution < -0.4 is 10.4 Å². The molecule has 0 radical (unpaired) electrons. The van der Waals surface area contributed by atoms with Gasteiger partial charge in [-0.05, 0) is 13.8 Å². The molecule has 112 valence electrons. The molecule has 0 spiro atoms. The molecule has 1 saturated heterocycles. The van der Waals surface area contributed by atoms with Crippen molar-refractivity contribution in [3.63, 3.8) is 0 Å². The smallest absolute Gasteiger partial charge is 0.353 e. The van der Waals surface area contributed by atoms with E-state index in [1.165, 1.54) is 19.2 Å². The highest BCUT2D eigenvalue weighted by Crippen LogP contribution is 2.37. The Morgan fingerprint density at radius 3 is 2.80 bits per heavy atom. The molecule has 4 atom stereocenters. The third kappa shape index (κ3) is 2.42. The first-order valence-electron chi connectivity index (χ1n) is 6.30. The van der Waals surface area contributed by atoms with E-state index in [2.05, 4.69) is 4.98 Å². The molecule has 1 aromatic heterocycles. The van der Waals surface area contributed by atoms with Crippen molar-refractivity contribution in [3.8, 4) is 5.88 Å². The minimum absolute atomic E-state index is 0.172. The summed E-state index contributed by atoms with van der Waals surface area (Å²) in [5, 5.41) is 29.3. The molecule has 1 unspecified atom stereocenters. The number of rotatable bonds is 4. The Labute approximate surface area is 115 Å². The number of aliphatic hydroxyl groups is 3. The maximum atomic E-state index is 11.9. The van der Waals surface area contributed by atoms with Gasteiger partial charge in [0.1, 0.15) is 17.8 Å². The minimum atomic E-state index is -1.72. The Morgan fingerprint density at radius 2 is 2.30 bits per heavy atom. The van der Waals surface area contributed by atoms with Crippen LogP contribution >= 0.6 is 0 Å². The molecule has 20 heavy (non-hydrogen) atoms. The van der Waals surface area contributed by atoms with Gasteiger partial charge in [-0.3, -0.25) is 4.57 Å². The molecule has 2 heterocycles. The summed E-state index contributed by atoms with van der Waals surface area (Å²) in [7, 11) is 0. The average molecular weight is 286 g/mol. The highest BCUT2D eigenvalue weighted by Gasteiger charge is 2.53. The molecular formula is C12H18N2O6. The number of aliphatic hydroxyl groups excluding tert-OH is 2. The maximum absolute atomic E-state index is 11.9. The van der Waals surface area contributed by atoms with E-state index in [-0.39, 0.29) is 5.88 Å². The van der Waals surface area contributed by atoms with Gasteiger partial charge in [-0.25, -0.2) is 4.79 Å². The van der Waals surface area contributed by atoms with Crippen molar-refractivity contribution in [2.45, 2.75) is 37.9 Å². The number of hydrogen-bond donors (Lipinski definition) is 3. The summed E-state index contributed by atoms with van der Waals surface area (Å²) in [6.07, 6.45) is -2.04. The number of hydrogen-bond acceptors (Lipinski definition) is 7. The lowest BCUT2D eigenvalue weighted by atomic mass is 9.96. The van der Waals surface area contributed by atoms with Gasteiger partial charge >= 0.3 is 5.69 Å². The molecule has 0 saturated carbocycles. The van der Waals surface area contributed by atoms with Gasteiger partial charge in [0, 0.05) is 12.3 Å². The Kier molecular flexibility index (Phi) is 4.09. The van der Waals surface area contributed by atoms with Crippen LogP contribution in [0.15, 0.2) is 17.1 Å². The zero-order valence-electron chi connectivity index (χ0n) is 11.3. The average Bonchev–Trinajstić information content (AvgIpc) is 2.62. The van der Waals surface area contributed by atoms with E-state index in [1.54, 1.807) is 6.92 Å². The van der Waals surface area contributed by atoms with E-state index in [0.717, 1.165) is 4.57 Å². The molecule has 1 aliphatic heterocycles. The van der Waals surface area contributed by atoms with E-state index in [0.29, 0.717) is 6.61 Å². The van der Waals surface area contributed by atoms with Gasteiger partial charge in [-0.15, -0.1) is 0 Å². The van der Waals surface area contributed by atoms with Crippen LogP contribution in [0.25, 0.3) is 0 Å². The second-order valence-corrected chi connectivity index (χ2v) is 4.77. The zero-order chi connectivity index (χ0) is 14.9. The van der Waals surface area contributed by atoms with Crippen LogP contribution in [0, 0.1) is 0 Å². The third-order valence-corrected chi connectivity index (χ3v) is 3.28. The Bertz CT molecular complexity index is 529. The molecule has 1 aliphatic rings. The summed E-state index contributed by atoms with van der Waals surface area (Å²) >= 11 is 0. The molecule has 8 nitrogen and oxygen atoms in total. The summed E-state index contributed by atoms with van der Waals surface area (Å²) in [6, 6.07) is 1.46. The van der Waals surface area contributed by atoms with Gasteiger partial charge in [0.2, 0.25) is 5.88 Å². The van der Waals surface area contributed by atoms with Crippen LogP contribution in [0.3, 0.4) is 0 Å². The van der Waals surface area contributed by atoms with Gasteiger partial charge in [-0.1, -0.05) is 0 Å². The van der Waals surface area contributed by atoms with Crippen molar-refractivity contribution in [1.82, 2.24) is 9.55 Å². The van der Waals surface area contributed by atoms with Gasteiger partial charge in [-0.2, -0.15) is 4.98 Å². The minimum Gasteiger partial charge on any atom is -0.478 e. The van der Waals surface area contributed by atoms with E-state index in [1.807, 2.05) is 0 Å². The monoisotopic (exact) mass is 286 g/mol. The Balaban J connectivity index is 2.34. The van der Waals surface area contributed by atoms with E-state index < -0.39 is 36.3 Å². The van der Waals surface area contributed by atoms with E-state index in [9.17, 15) is 15.0 Å². The summed E-state index contributed by atoms with van der Waals surface area (Å²) < 4.78 is 11.5. The summed E-state index contributed by atoms with van der Waals surface area (Å²) in [6.45, 7) is 3.01. The molecule has 1 fully saturated rings. The highest BCUT2D eigenvalue weighted by atomic mass is 16.6. The molecule has 0 aliphatic carbocycles. The van der Waals surface area contributed by atoms with Crippen LogP contribution in [-0.4, -0.2) is 55.9 Å². The van der Waals surface area contributed by atoms with Crippen LogP contribution in [0.5, 0.6) is 5.88 Å². The standard InChI is InChI=1S/C12H18N2O6/c1-3-19-8-4-5-14(11(17)13-8)10-12(2,18)9(16)7(6-15)20-10/h4-5,7,9-10,15-16,18H,3,6H2,1-2H3/t7-,9?,10-,12-/m1/s1. The van der Waals surface area contributed by atoms with Gasteiger partial charge in [0.25, 0.3) is 0 Å². The predicted octanol–water partition coefficient (Wildman–Crippen LogP) is -1.36. The van der Waals surface area contributed by atoms with Crippen molar-refractivity contribution < 1.29 is 24.8 Å². The number of aromatic nitrogens is 2. The van der Waals surface area contributed by atoms with Crippen molar-refractivity contribution >= 4 is 0 Å². The lowest BCUT2D eigenvalue weighted by molar-refractivity contribution is -0.0988. The topological polar surface area (TPSA) is 114 Å². The fraction of sp³-hybridized carbons (Fsp3) is 0.667. The summed E-state index contributed by atoms with van der Waals surface area (Å²) in [5.41, 5.74) is -2.39. The number of ether oxygens (including phenoxy) is 2. The van der Waals surface area contributed by atoms with E-state index >= 15 is 0 Å². The van der Waals surface area contributed by atoms with Gasteiger partial charge in [0.15, 0.2) is 6.23 Å². The molecule has 3 N–H and O–H groups in total. The molecule has 1 aromatic rings. The first-order chi connectivity index (χ1) is 9.41. The van der Waals surface area contributed by atoms with Crippen molar-refractivity contribution in [3.05, 3.63) is 22.7 Å². The molecule has 2 rings (SSSR count). The molecule has 0 aromatic carbocycles. The summed E-state index contributed by atoms with van der Waals surface area (Å²) in [4.78, 5) is 15.6. The zero-order valence-corrected chi connectivity index (χ0v) is 11.3. The third-order valence-electron chi connectivity index (χ3n) is 3.28. The lowest BCUT2D eigenvalue weighted by Gasteiger charge is -2.27. The molecule has 0 amide bonds. The molecular weight excluding hydrogens is 268 g/mol. The Morgan fingerprint density at radius 1 is 1.60 bits per heavy atom. The van der Waals surface area contributed by atoms with Crippen molar-refractivity contribution in [2.24, 2.45) is 0 Å². The lowest BCUT2D eigenvalue weighted by Crippen LogP contribution is -2.46. The van der Waals surface area contributed by atoms with Crippen LogP contribution in [0.4, 0.5) is 0 Å². The first-order valence-corrected chi connectivity index (χ1v) is 6.30. The first kappa shape index (κ1) is 14.9. The maximum Gasteiger partial charge on any atom is 0.353 e. The second kappa shape index (κ2) is 5.49. The molecule has 8 heteroatoms. The van der Waals surface area contributed by atoms with Crippen molar-refractivity contribution in [1.29, 1.82) is 0 Å². The van der Waals surface area contributed by atoms with Gasteiger partial charge < -0.3 is 24.8 Å². The fourth-order valence-electron chi connectivity index (χ4n) is 2.19. The van der Waals surface area contributed by atoms with Crippen LogP contribution in [0.1, 0.15) is 20.1 Å². The van der Waals surface area contributed by atoms with Crippen LogP contribution in [-0.2, 0) is 4.74 Å². The van der Waals surface area contributed by atoms with E-state index in [4.69, 9.17) is 14.6 Å². The largest absolute Gasteiger partial charge is 0.478 e. The van der Waals surface area contributed by atoms with Crippen molar-refractivity contribution in [2.75, 3.05) is 13.2 Å². The highest BCUT2D eigenvalue weighted by molar-refractivity contribution is 5.08. The second-order valence-electron chi connectivity index (χ2n) is 4.77. The SMILES string of the molecule is CCOc1ccn([C@@H]2O[C@H](CO)C(O)[C@@]2(C)O)c(=O)n1. The van der Waals surface area contributed by atoms with Crippen LogP contribution in [0.2, 0.25) is 0 Å².